The summed E-state index contributed by atoms with van der Waals surface area (Å²) in [7, 11) is 2.04. The van der Waals surface area contributed by atoms with Crippen molar-refractivity contribution in [1.82, 2.24) is 9.88 Å². The van der Waals surface area contributed by atoms with Crippen molar-refractivity contribution in [2.45, 2.75) is 19.9 Å². The van der Waals surface area contributed by atoms with E-state index in [9.17, 15) is 14.8 Å². The van der Waals surface area contributed by atoms with Crippen LogP contribution in [0.3, 0.4) is 0 Å². The highest BCUT2D eigenvalue weighted by molar-refractivity contribution is 6.01. The summed E-state index contributed by atoms with van der Waals surface area (Å²) in [4.78, 5) is 28.1. The van der Waals surface area contributed by atoms with Crippen LogP contribution in [0, 0.1) is 4.91 Å². The van der Waals surface area contributed by atoms with Crippen molar-refractivity contribution in [3.8, 4) is 17.0 Å². The Bertz CT molecular complexity index is 1050. The highest BCUT2D eigenvalue weighted by atomic mass is 16.3. The molecule has 132 valence electrons. The van der Waals surface area contributed by atoms with Crippen LogP contribution in [0.25, 0.3) is 22.0 Å². The molecule has 1 aromatic heterocycles. The van der Waals surface area contributed by atoms with Gasteiger partial charge in [0, 0.05) is 24.0 Å². The highest BCUT2D eigenvalue weighted by Crippen LogP contribution is 2.43. The van der Waals surface area contributed by atoms with Gasteiger partial charge in [0.2, 0.25) is 5.88 Å². The van der Waals surface area contributed by atoms with Gasteiger partial charge in [0.05, 0.1) is 5.52 Å². The van der Waals surface area contributed by atoms with Crippen molar-refractivity contribution in [3.05, 3.63) is 51.9 Å². The second kappa shape index (κ2) is 6.07. The first-order valence-corrected chi connectivity index (χ1v) is 8.52. The zero-order valence-electron chi connectivity index (χ0n) is 14.7. The molecular weight excluding hydrogens is 330 g/mol. The maximum atomic E-state index is 11.8. The Hall–Kier alpha value is -2.99. The number of ketones is 1. The minimum atomic E-state index is -0.208. The molecule has 0 saturated carbocycles. The molecular formula is C20H19N3O3. The molecule has 4 rings (SSSR count). The fourth-order valence-electron chi connectivity index (χ4n) is 3.78. The van der Waals surface area contributed by atoms with Crippen molar-refractivity contribution in [2.75, 3.05) is 13.6 Å². The molecule has 0 unspecified atom stereocenters. The number of H-pyrrole nitrogens is 1. The molecule has 0 saturated heterocycles. The Kier molecular flexibility index (Phi) is 3.85. The number of aromatic amines is 1. The van der Waals surface area contributed by atoms with Gasteiger partial charge in [-0.2, -0.15) is 0 Å². The lowest BCUT2D eigenvalue weighted by atomic mass is 9.88. The van der Waals surface area contributed by atoms with Gasteiger partial charge in [0.25, 0.3) is 0 Å². The first kappa shape index (κ1) is 16.5. The second-order valence-electron chi connectivity index (χ2n) is 6.84. The summed E-state index contributed by atoms with van der Waals surface area (Å²) in [5, 5.41) is 13.7. The predicted octanol–water partition coefficient (Wildman–Crippen LogP) is 4.13. The number of rotatable bonds is 3. The van der Waals surface area contributed by atoms with E-state index in [0.29, 0.717) is 17.5 Å². The minimum Gasteiger partial charge on any atom is -0.493 e. The average molecular weight is 349 g/mol. The lowest BCUT2D eigenvalue weighted by molar-refractivity contribution is 0.101. The highest BCUT2D eigenvalue weighted by Gasteiger charge is 2.24. The topological polar surface area (TPSA) is 85.8 Å². The number of carbonyl (C=O) groups excluding carboxylic acids is 1. The summed E-state index contributed by atoms with van der Waals surface area (Å²) in [6.07, 6.45) is 0.852. The van der Waals surface area contributed by atoms with E-state index in [1.807, 2.05) is 31.3 Å². The monoisotopic (exact) mass is 349 g/mol. The van der Waals surface area contributed by atoms with E-state index in [2.05, 4.69) is 15.1 Å². The summed E-state index contributed by atoms with van der Waals surface area (Å²) < 4.78 is 0. The lowest BCUT2D eigenvalue weighted by Gasteiger charge is -2.27. The van der Waals surface area contributed by atoms with E-state index < -0.39 is 0 Å². The zero-order valence-corrected chi connectivity index (χ0v) is 14.7. The Morgan fingerprint density at radius 2 is 2.08 bits per heavy atom. The van der Waals surface area contributed by atoms with Crippen LogP contribution in [-0.2, 0) is 13.0 Å². The summed E-state index contributed by atoms with van der Waals surface area (Å²) >= 11 is 0. The molecule has 2 N–H and O–H groups in total. The van der Waals surface area contributed by atoms with Gasteiger partial charge < -0.3 is 15.0 Å². The van der Waals surface area contributed by atoms with Crippen molar-refractivity contribution in [1.29, 1.82) is 0 Å². The molecule has 2 heterocycles. The fraction of sp³-hybridized carbons (Fsp3) is 0.250. The van der Waals surface area contributed by atoms with Gasteiger partial charge in [-0.1, -0.05) is 18.2 Å². The molecule has 1 aliphatic heterocycles. The predicted molar refractivity (Wildman–Crippen MR) is 101 cm³/mol. The summed E-state index contributed by atoms with van der Waals surface area (Å²) in [5.41, 5.74) is 5.57. The van der Waals surface area contributed by atoms with Gasteiger partial charge in [-0.15, -0.1) is 4.91 Å². The first-order valence-electron chi connectivity index (χ1n) is 8.52. The zero-order chi connectivity index (χ0) is 18.4. The third kappa shape index (κ3) is 2.50. The number of Topliss-reactive ketones (excluding diaryl/α,β-unsaturated/α-hetero) is 1. The van der Waals surface area contributed by atoms with Gasteiger partial charge in [0.15, 0.2) is 11.5 Å². The van der Waals surface area contributed by atoms with Gasteiger partial charge in [-0.25, -0.2) is 0 Å². The molecule has 6 heteroatoms. The quantitative estimate of drug-likeness (QED) is 0.550. The summed E-state index contributed by atoms with van der Waals surface area (Å²) in [6, 6.07) is 9.40. The number of nitrogens with one attached hydrogen (secondary N) is 1. The molecule has 0 radical (unpaired) electrons. The van der Waals surface area contributed by atoms with Crippen molar-refractivity contribution >= 4 is 22.4 Å². The van der Waals surface area contributed by atoms with Crippen LogP contribution in [0.15, 0.2) is 35.5 Å². The van der Waals surface area contributed by atoms with Gasteiger partial charge in [-0.3, -0.25) is 4.79 Å². The van der Waals surface area contributed by atoms with Crippen LogP contribution >= 0.6 is 0 Å². The van der Waals surface area contributed by atoms with E-state index in [-0.39, 0.29) is 17.4 Å². The Labute approximate surface area is 150 Å². The number of hydrogen-bond donors (Lipinski definition) is 2. The van der Waals surface area contributed by atoms with Crippen LogP contribution in [0.4, 0.5) is 5.69 Å². The van der Waals surface area contributed by atoms with Crippen LogP contribution in [0.5, 0.6) is 5.88 Å². The number of aromatic hydroxyl groups is 1. The van der Waals surface area contributed by atoms with Crippen LogP contribution < -0.4 is 0 Å². The number of benzene rings is 2. The van der Waals surface area contributed by atoms with Crippen molar-refractivity contribution in [2.24, 2.45) is 5.18 Å². The Morgan fingerprint density at radius 1 is 1.27 bits per heavy atom. The van der Waals surface area contributed by atoms with Crippen molar-refractivity contribution < 1.29 is 9.90 Å². The van der Waals surface area contributed by atoms with Gasteiger partial charge in [-0.05, 0) is 60.0 Å². The van der Waals surface area contributed by atoms with Crippen LogP contribution in [0.2, 0.25) is 0 Å². The average Bonchev–Trinajstić information content (AvgIpc) is 2.96. The molecule has 0 aliphatic carbocycles. The molecule has 2 aromatic carbocycles. The second-order valence-corrected chi connectivity index (χ2v) is 6.84. The lowest BCUT2D eigenvalue weighted by Crippen LogP contribution is -2.27. The molecule has 0 bridgehead atoms. The number of fused-ring (bicyclic) bond motifs is 3. The SMILES string of the molecule is CC(=O)c1cccc(-c2cc3c(N=O)c(O)[nH]c3c3c2CCN(C)C3)c1. The number of hydrogen-bond acceptors (Lipinski definition) is 5. The third-order valence-corrected chi connectivity index (χ3v) is 5.11. The third-order valence-electron chi connectivity index (χ3n) is 5.11. The van der Waals surface area contributed by atoms with E-state index in [4.69, 9.17) is 0 Å². The van der Waals surface area contributed by atoms with Crippen LogP contribution in [-0.4, -0.2) is 34.4 Å². The van der Waals surface area contributed by atoms with E-state index >= 15 is 0 Å². The number of nitrogens with zero attached hydrogens (tertiary/aromatic N) is 2. The summed E-state index contributed by atoms with van der Waals surface area (Å²) in [5.74, 6) is -0.198. The van der Waals surface area contributed by atoms with Crippen molar-refractivity contribution in [3.63, 3.8) is 0 Å². The number of carbonyl (C=O) groups is 1. The van der Waals surface area contributed by atoms with E-state index in [1.165, 1.54) is 5.56 Å². The largest absolute Gasteiger partial charge is 0.493 e. The maximum absolute atomic E-state index is 11.8. The first-order chi connectivity index (χ1) is 12.5. The standard InChI is InChI=1S/C20H19N3O3/c1-11(24)12-4-3-5-13(8-12)15-9-16-18(21-20(25)19(16)22-26)17-10-23(2)7-6-14(15)17/h3-5,8-9,21,25H,6-7,10H2,1-2H3. The molecule has 0 fully saturated rings. The Balaban J connectivity index is 2.04. The van der Waals surface area contributed by atoms with Gasteiger partial charge >= 0.3 is 0 Å². The molecule has 6 nitrogen and oxygen atoms in total. The minimum absolute atomic E-state index is 0.0102. The fourth-order valence-corrected chi connectivity index (χ4v) is 3.78. The van der Waals surface area contributed by atoms with E-state index in [1.54, 1.807) is 13.0 Å². The molecule has 0 spiro atoms. The molecule has 3 aromatic rings. The van der Waals surface area contributed by atoms with E-state index in [0.717, 1.165) is 35.2 Å². The molecule has 1 aliphatic rings. The van der Waals surface area contributed by atoms with Crippen LogP contribution in [0.1, 0.15) is 28.4 Å². The summed E-state index contributed by atoms with van der Waals surface area (Å²) in [6.45, 7) is 3.18. The number of aromatic nitrogens is 1. The Morgan fingerprint density at radius 3 is 2.81 bits per heavy atom. The van der Waals surface area contributed by atoms with Gasteiger partial charge in [0.1, 0.15) is 0 Å². The molecule has 0 amide bonds. The maximum Gasteiger partial charge on any atom is 0.219 e. The normalized spacial score (nSPS) is 14.4. The smallest absolute Gasteiger partial charge is 0.219 e. The number of likely N-dealkylation sites (N-methyl/N-ethyl adjacent to an activating group) is 1. The molecule has 0 atom stereocenters. The number of nitroso groups, excluding NO2 is 1. The molecule has 26 heavy (non-hydrogen) atoms.